The van der Waals surface area contributed by atoms with E-state index in [9.17, 15) is 0 Å². The number of nitrogens with zero attached hydrogens (tertiary/aromatic N) is 2. The Hall–Kier alpha value is -12.8. The molecule has 0 amide bonds. The van der Waals surface area contributed by atoms with E-state index in [2.05, 4.69) is 205 Å². The average molecular weight is 1300 g/mol. The van der Waals surface area contributed by atoms with Gasteiger partial charge in [-0.1, -0.05) is 183 Å². The van der Waals surface area contributed by atoms with Crippen molar-refractivity contribution in [1.29, 1.82) is 0 Å². The molecule has 0 saturated carbocycles. The van der Waals surface area contributed by atoms with Crippen LogP contribution >= 0.6 is 0 Å². The van der Waals surface area contributed by atoms with Crippen molar-refractivity contribution in [3.05, 3.63) is 408 Å². The molecule has 2 unspecified atom stereocenters. The van der Waals surface area contributed by atoms with E-state index in [1.807, 2.05) is 133 Å². The molecule has 2 atom stereocenters. The smallest absolute Gasteiger partial charge is 0.127 e. The first kappa shape index (κ1) is 62.1. The Bertz CT molecular complexity index is 5000. The van der Waals surface area contributed by atoms with Crippen molar-refractivity contribution >= 4 is 46.3 Å². The Morgan fingerprint density at radius 1 is 0.280 bits per heavy atom. The van der Waals surface area contributed by atoms with Crippen molar-refractivity contribution in [1.82, 2.24) is 0 Å². The number of methoxy groups -OCH3 is 2. The van der Waals surface area contributed by atoms with E-state index in [1.165, 1.54) is 24.3 Å². The molecule has 2 aliphatic rings. The van der Waals surface area contributed by atoms with Gasteiger partial charge in [-0.15, -0.1) is 0 Å². The van der Waals surface area contributed by atoms with Crippen molar-refractivity contribution < 1.29 is 27.7 Å². The molecule has 482 valence electrons. The standard InChI is InChI=1S/C92H66F2N2O4/c1-5-61-15-45-79(46-16-61)99-81-53-27-67(28-54-81)91(65-23-49-77(97-3)50-24-65)87-13-9-7-11-83(87)85-57-43-75(59-89(85)91)95(73-39-31-69(93)32-40-73)71-35-19-63(20-36-71)64-21-37-72(38-22-64)96(74-41-33-70(94)34-42-74)76-44-58-86-84-12-8-10-14-88(84)92(90(86)60-76,66-25-51-78(98-4)52-26-66)68-29-55-82(56-30-68)100-80-47-17-62(6-2)18-48-80/h5-60H,1-2H2,3-4H3. The lowest BCUT2D eigenvalue weighted by Gasteiger charge is -2.35. The van der Waals surface area contributed by atoms with Crippen molar-refractivity contribution in [3.8, 4) is 67.9 Å². The Morgan fingerprint density at radius 2 is 0.550 bits per heavy atom. The second kappa shape index (κ2) is 26.0. The normalized spacial score (nSPS) is 14.6. The number of fused-ring (bicyclic) bond motifs is 6. The predicted octanol–water partition coefficient (Wildman–Crippen LogP) is 24.2. The van der Waals surface area contributed by atoms with Crippen LogP contribution < -0.4 is 28.7 Å². The molecule has 14 aromatic rings. The van der Waals surface area contributed by atoms with E-state index >= 15 is 8.78 Å². The highest BCUT2D eigenvalue weighted by Gasteiger charge is 2.48. The summed E-state index contributed by atoms with van der Waals surface area (Å²) < 4.78 is 54.4. The zero-order chi connectivity index (χ0) is 67.9. The SMILES string of the molecule is C=Cc1ccc(Oc2ccc(C3(c4ccc(OC)cc4)c4ccccc4-c4ccc(N(c5ccc(F)cc5)c5ccc(-c6ccc(N(c7ccc(F)cc7)c7ccc8c(c7)C(c7ccc(OC)cc7)(c7ccc(Oc9ccc(C=C)cc9)cc7)c7ccccc7-8)cc6)cc5)cc43)cc2)cc1. The summed E-state index contributed by atoms with van der Waals surface area (Å²) in [6, 6.07) is 110. The molecule has 6 nitrogen and oxygen atoms in total. The summed E-state index contributed by atoms with van der Waals surface area (Å²) in [5, 5.41) is 0. The first-order chi connectivity index (χ1) is 49.1. The van der Waals surface area contributed by atoms with E-state index in [4.69, 9.17) is 18.9 Å². The minimum absolute atomic E-state index is 0.326. The minimum atomic E-state index is -0.785. The van der Waals surface area contributed by atoms with Gasteiger partial charge in [-0.05, 0) is 259 Å². The Labute approximate surface area is 581 Å². The summed E-state index contributed by atoms with van der Waals surface area (Å²) in [5.41, 5.74) is 20.8. The van der Waals surface area contributed by atoms with Gasteiger partial charge >= 0.3 is 0 Å². The van der Waals surface area contributed by atoms with E-state index in [0.29, 0.717) is 11.5 Å². The first-order valence-corrected chi connectivity index (χ1v) is 33.2. The molecule has 8 heteroatoms. The summed E-state index contributed by atoms with van der Waals surface area (Å²) in [7, 11) is 3.37. The second-order valence-corrected chi connectivity index (χ2v) is 25.0. The van der Waals surface area contributed by atoms with E-state index < -0.39 is 10.8 Å². The third-order valence-electron chi connectivity index (χ3n) is 19.7. The summed E-state index contributed by atoms with van der Waals surface area (Å²) >= 11 is 0. The Balaban J connectivity index is 0.766. The summed E-state index contributed by atoms with van der Waals surface area (Å²) in [6.45, 7) is 7.81. The monoisotopic (exact) mass is 1300 g/mol. The quantitative estimate of drug-likeness (QED) is 0.0804. The molecule has 16 rings (SSSR count). The molecular formula is C92H66F2N2O4. The molecule has 0 aromatic heterocycles. The number of ether oxygens (including phenoxy) is 4. The highest BCUT2D eigenvalue weighted by atomic mass is 19.1. The molecule has 14 aromatic carbocycles. The third-order valence-corrected chi connectivity index (χ3v) is 19.7. The lowest BCUT2D eigenvalue weighted by atomic mass is 9.67. The number of hydrogen-bond donors (Lipinski definition) is 0. The first-order valence-electron chi connectivity index (χ1n) is 33.2. The zero-order valence-electron chi connectivity index (χ0n) is 55.0. The van der Waals surface area contributed by atoms with Gasteiger partial charge in [-0.2, -0.15) is 0 Å². The second-order valence-electron chi connectivity index (χ2n) is 25.0. The summed E-state index contributed by atoms with van der Waals surface area (Å²) in [6.07, 6.45) is 3.63. The van der Waals surface area contributed by atoms with E-state index in [1.54, 1.807) is 14.2 Å². The zero-order valence-corrected chi connectivity index (χ0v) is 55.0. The van der Waals surface area contributed by atoms with Crippen molar-refractivity contribution in [3.63, 3.8) is 0 Å². The molecule has 0 radical (unpaired) electrons. The number of anilines is 6. The topological polar surface area (TPSA) is 43.4 Å². The van der Waals surface area contributed by atoms with Gasteiger partial charge < -0.3 is 28.7 Å². The van der Waals surface area contributed by atoms with Gasteiger partial charge in [0, 0.05) is 34.1 Å². The van der Waals surface area contributed by atoms with Crippen molar-refractivity contribution in [2.75, 3.05) is 24.0 Å². The van der Waals surface area contributed by atoms with Gasteiger partial charge in [0.15, 0.2) is 0 Å². The van der Waals surface area contributed by atoms with Gasteiger partial charge in [0.2, 0.25) is 0 Å². The number of hydrogen-bond acceptors (Lipinski definition) is 6. The fourth-order valence-corrected chi connectivity index (χ4v) is 14.9. The minimum Gasteiger partial charge on any atom is -0.497 e. The van der Waals surface area contributed by atoms with Crippen LogP contribution in [0.5, 0.6) is 34.5 Å². The van der Waals surface area contributed by atoms with Crippen molar-refractivity contribution in [2.45, 2.75) is 10.8 Å². The molecule has 0 spiro atoms. The van der Waals surface area contributed by atoms with Crippen molar-refractivity contribution in [2.24, 2.45) is 0 Å². The number of rotatable bonds is 19. The molecule has 0 saturated heterocycles. The molecule has 0 bridgehead atoms. The lowest BCUT2D eigenvalue weighted by molar-refractivity contribution is 0.414. The maximum atomic E-state index is 15.0. The van der Waals surface area contributed by atoms with Gasteiger partial charge in [-0.3, -0.25) is 0 Å². The molecular weight excluding hydrogens is 1240 g/mol. The third kappa shape index (κ3) is 10.9. The Kier molecular flexibility index (Phi) is 16.1. The van der Waals surface area contributed by atoms with Gasteiger partial charge in [-0.25, -0.2) is 8.78 Å². The number of halogens is 2. The van der Waals surface area contributed by atoms with Crippen LogP contribution in [0.25, 0.3) is 45.5 Å². The van der Waals surface area contributed by atoms with E-state index in [0.717, 1.165) is 146 Å². The highest BCUT2D eigenvalue weighted by molar-refractivity contribution is 5.92. The average Bonchev–Trinajstić information content (AvgIpc) is 1.53. The largest absolute Gasteiger partial charge is 0.497 e. The predicted molar refractivity (Wildman–Crippen MR) is 402 cm³/mol. The molecule has 2 aliphatic carbocycles. The van der Waals surface area contributed by atoms with Crippen LogP contribution in [0.1, 0.15) is 55.6 Å². The van der Waals surface area contributed by atoms with Crippen LogP contribution in [0.15, 0.2) is 341 Å². The maximum absolute atomic E-state index is 15.0. The van der Waals surface area contributed by atoms with Crippen LogP contribution in [0.2, 0.25) is 0 Å². The molecule has 100 heavy (non-hydrogen) atoms. The van der Waals surface area contributed by atoms with Crippen LogP contribution in [0.3, 0.4) is 0 Å². The van der Waals surface area contributed by atoms with E-state index in [-0.39, 0.29) is 11.6 Å². The van der Waals surface area contributed by atoms with Crippen LogP contribution in [-0.2, 0) is 10.8 Å². The molecule has 0 fully saturated rings. The molecule has 0 N–H and O–H groups in total. The van der Waals surface area contributed by atoms with Crippen LogP contribution in [-0.4, -0.2) is 14.2 Å². The fourth-order valence-electron chi connectivity index (χ4n) is 14.9. The Morgan fingerprint density at radius 3 is 0.860 bits per heavy atom. The number of benzene rings is 14. The van der Waals surface area contributed by atoms with Crippen LogP contribution in [0.4, 0.5) is 42.9 Å². The molecule has 0 heterocycles. The molecule has 0 aliphatic heterocycles. The van der Waals surface area contributed by atoms with Gasteiger partial charge in [0.05, 0.1) is 25.0 Å². The maximum Gasteiger partial charge on any atom is 0.127 e. The van der Waals surface area contributed by atoms with Crippen LogP contribution in [0, 0.1) is 11.6 Å². The summed E-state index contributed by atoms with van der Waals surface area (Å²) in [5.74, 6) is 3.74. The van der Waals surface area contributed by atoms with Gasteiger partial charge in [0.1, 0.15) is 46.1 Å². The summed E-state index contributed by atoms with van der Waals surface area (Å²) in [4.78, 5) is 4.38. The lowest BCUT2D eigenvalue weighted by Crippen LogP contribution is -2.28. The van der Waals surface area contributed by atoms with Gasteiger partial charge in [0.25, 0.3) is 0 Å². The fraction of sp³-hybridized carbons (Fsp3) is 0.0435. The highest BCUT2D eigenvalue weighted by Crippen LogP contribution is 2.60.